The lowest BCUT2D eigenvalue weighted by molar-refractivity contribution is -0.122. The van der Waals surface area contributed by atoms with Crippen molar-refractivity contribution in [1.82, 2.24) is 15.1 Å². The molecule has 1 heterocycles. The molecule has 25 heavy (non-hydrogen) atoms. The third kappa shape index (κ3) is 5.07. The van der Waals surface area contributed by atoms with Crippen LogP contribution in [0, 0.1) is 5.92 Å². The number of hydrogen-bond acceptors (Lipinski definition) is 3. The maximum absolute atomic E-state index is 12.0. The molecule has 2 aromatic rings. The minimum Gasteiger partial charge on any atom is -0.369 e. The lowest BCUT2D eigenvalue weighted by atomic mass is 9.84. The molecule has 4 N–H and O–H groups in total. The Balaban J connectivity index is 1.83. The Hall–Kier alpha value is -2.83. The van der Waals surface area contributed by atoms with E-state index in [1.807, 2.05) is 23.9 Å². The van der Waals surface area contributed by atoms with Crippen molar-refractivity contribution < 1.29 is 9.59 Å². The fourth-order valence-electron chi connectivity index (χ4n) is 2.35. The van der Waals surface area contributed by atoms with Crippen LogP contribution < -0.4 is 16.4 Å². The molecule has 0 saturated carbocycles. The summed E-state index contributed by atoms with van der Waals surface area (Å²) in [4.78, 5) is 23.5. The highest BCUT2D eigenvalue weighted by molar-refractivity contribution is 5.89. The Labute approximate surface area is 147 Å². The van der Waals surface area contributed by atoms with Gasteiger partial charge in [0.05, 0.1) is 5.41 Å². The third-order valence-electron chi connectivity index (χ3n) is 4.15. The number of nitrogens with one attached hydrogen (secondary N) is 2. The van der Waals surface area contributed by atoms with Gasteiger partial charge >= 0.3 is 6.03 Å². The molecule has 0 aliphatic carbocycles. The molecule has 0 aliphatic rings. The van der Waals surface area contributed by atoms with E-state index in [0.29, 0.717) is 12.2 Å². The Morgan fingerprint density at radius 1 is 1.28 bits per heavy atom. The number of hydrogen-bond donors (Lipinski definition) is 3. The van der Waals surface area contributed by atoms with Crippen molar-refractivity contribution in [2.75, 3.05) is 11.9 Å². The largest absolute Gasteiger partial charge is 0.369 e. The van der Waals surface area contributed by atoms with Gasteiger partial charge in [-0.3, -0.25) is 9.48 Å². The van der Waals surface area contributed by atoms with E-state index in [-0.39, 0.29) is 11.9 Å². The topological polar surface area (TPSA) is 102 Å². The summed E-state index contributed by atoms with van der Waals surface area (Å²) < 4.78 is 1.84. The van der Waals surface area contributed by atoms with Gasteiger partial charge in [0, 0.05) is 31.2 Å². The summed E-state index contributed by atoms with van der Waals surface area (Å²) in [6.07, 6.45) is 3.63. The lowest BCUT2D eigenvalue weighted by Crippen LogP contribution is -2.35. The first-order chi connectivity index (χ1) is 11.8. The van der Waals surface area contributed by atoms with Gasteiger partial charge in [-0.25, -0.2) is 4.79 Å². The minimum absolute atomic E-state index is 0.254. The zero-order chi connectivity index (χ0) is 18.4. The molecule has 2 rings (SSSR count). The standard InChI is InChI=1S/C18H25N5O2/c1-13(12-23-10-4-9-21-23)11-20-17(25)22-15-7-5-14(6-8-15)18(2,3)16(19)24/h4-10,13H,11-12H2,1-3H3,(H2,19,24)(H2,20,22,25)/t13-/m1/s1. The minimum atomic E-state index is -0.747. The van der Waals surface area contributed by atoms with Gasteiger partial charge in [-0.15, -0.1) is 0 Å². The first-order valence-corrected chi connectivity index (χ1v) is 8.21. The van der Waals surface area contributed by atoms with Crippen LogP contribution in [0.3, 0.4) is 0 Å². The highest BCUT2D eigenvalue weighted by atomic mass is 16.2. The molecule has 7 nitrogen and oxygen atoms in total. The molecule has 0 bridgehead atoms. The molecule has 7 heteroatoms. The van der Waals surface area contributed by atoms with Crippen LogP contribution in [0.2, 0.25) is 0 Å². The van der Waals surface area contributed by atoms with Crippen LogP contribution in [0.4, 0.5) is 10.5 Å². The quantitative estimate of drug-likeness (QED) is 0.717. The highest BCUT2D eigenvalue weighted by Crippen LogP contribution is 2.24. The average Bonchev–Trinajstić information content (AvgIpc) is 3.06. The number of carbonyl (C=O) groups excluding carboxylic acids is 2. The van der Waals surface area contributed by atoms with Gasteiger partial charge in [0.15, 0.2) is 0 Å². The van der Waals surface area contributed by atoms with Crippen LogP contribution in [-0.2, 0) is 16.8 Å². The number of amides is 3. The van der Waals surface area contributed by atoms with Gasteiger partial charge in [0.2, 0.25) is 5.91 Å². The number of benzene rings is 1. The normalized spacial score (nSPS) is 12.4. The molecule has 0 aliphatic heterocycles. The Kier molecular flexibility index (Phi) is 5.80. The van der Waals surface area contributed by atoms with Gasteiger partial charge < -0.3 is 16.4 Å². The molecule has 0 fully saturated rings. The molecule has 0 unspecified atom stereocenters. The van der Waals surface area contributed by atoms with Crippen LogP contribution in [0.25, 0.3) is 0 Å². The Morgan fingerprint density at radius 2 is 1.96 bits per heavy atom. The summed E-state index contributed by atoms with van der Waals surface area (Å²) in [5, 5.41) is 9.76. The molecular weight excluding hydrogens is 318 g/mol. The number of nitrogens with two attached hydrogens (primary N) is 1. The zero-order valence-corrected chi connectivity index (χ0v) is 14.8. The number of aromatic nitrogens is 2. The summed E-state index contributed by atoms with van der Waals surface area (Å²) in [5.74, 6) is -0.137. The van der Waals surface area contributed by atoms with Crippen molar-refractivity contribution in [3.8, 4) is 0 Å². The molecule has 0 spiro atoms. The van der Waals surface area contributed by atoms with Crippen LogP contribution in [-0.4, -0.2) is 28.3 Å². The van der Waals surface area contributed by atoms with E-state index in [1.165, 1.54) is 0 Å². The van der Waals surface area contributed by atoms with Crippen molar-refractivity contribution in [2.45, 2.75) is 32.7 Å². The predicted octanol–water partition coefficient (Wildman–Crippen LogP) is 2.10. The van der Waals surface area contributed by atoms with E-state index in [4.69, 9.17) is 5.73 Å². The van der Waals surface area contributed by atoms with Gasteiger partial charge in [-0.1, -0.05) is 19.1 Å². The number of urea groups is 1. The molecule has 3 amide bonds. The van der Waals surface area contributed by atoms with E-state index in [1.54, 1.807) is 44.3 Å². The van der Waals surface area contributed by atoms with E-state index in [2.05, 4.69) is 15.7 Å². The number of nitrogens with zero attached hydrogens (tertiary/aromatic N) is 2. The summed E-state index contributed by atoms with van der Waals surface area (Å²) >= 11 is 0. The monoisotopic (exact) mass is 343 g/mol. The van der Waals surface area contributed by atoms with E-state index < -0.39 is 11.3 Å². The summed E-state index contributed by atoms with van der Waals surface area (Å²) in [5.41, 5.74) is 6.12. The van der Waals surface area contributed by atoms with Gasteiger partial charge in [-0.2, -0.15) is 5.10 Å². The van der Waals surface area contributed by atoms with Gasteiger partial charge in [0.1, 0.15) is 0 Å². The fourth-order valence-corrected chi connectivity index (χ4v) is 2.35. The number of carbonyl (C=O) groups is 2. The molecule has 0 radical (unpaired) electrons. The number of anilines is 1. The van der Waals surface area contributed by atoms with Crippen molar-refractivity contribution in [3.05, 3.63) is 48.3 Å². The van der Waals surface area contributed by atoms with Crippen LogP contribution >= 0.6 is 0 Å². The smallest absolute Gasteiger partial charge is 0.319 e. The van der Waals surface area contributed by atoms with Crippen molar-refractivity contribution in [3.63, 3.8) is 0 Å². The van der Waals surface area contributed by atoms with E-state index in [0.717, 1.165) is 12.1 Å². The predicted molar refractivity (Wildman–Crippen MR) is 97.1 cm³/mol. The second-order valence-corrected chi connectivity index (χ2v) is 6.73. The van der Waals surface area contributed by atoms with E-state index >= 15 is 0 Å². The molecule has 134 valence electrons. The molecule has 1 aromatic carbocycles. The van der Waals surface area contributed by atoms with Crippen molar-refractivity contribution >= 4 is 17.6 Å². The number of primary amides is 1. The Morgan fingerprint density at radius 3 is 2.52 bits per heavy atom. The zero-order valence-electron chi connectivity index (χ0n) is 14.8. The fraction of sp³-hybridized carbons (Fsp3) is 0.389. The molecule has 0 saturated heterocycles. The Bertz CT molecular complexity index is 708. The molecule has 1 aromatic heterocycles. The first kappa shape index (κ1) is 18.5. The maximum Gasteiger partial charge on any atom is 0.319 e. The van der Waals surface area contributed by atoms with Crippen molar-refractivity contribution in [1.29, 1.82) is 0 Å². The molecule has 1 atom stereocenters. The highest BCUT2D eigenvalue weighted by Gasteiger charge is 2.26. The lowest BCUT2D eigenvalue weighted by Gasteiger charge is -2.21. The average molecular weight is 343 g/mol. The summed E-state index contributed by atoms with van der Waals surface area (Å²) in [6, 6.07) is 8.70. The van der Waals surface area contributed by atoms with Gasteiger partial charge in [0.25, 0.3) is 0 Å². The maximum atomic E-state index is 12.0. The van der Waals surface area contributed by atoms with E-state index in [9.17, 15) is 9.59 Å². The van der Waals surface area contributed by atoms with Gasteiger partial charge in [-0.05, 0) is 43.5 Å². The third-order valence-corrected chi connectivity index (χ3v) is 4.15. The van der Waals surface area contributed by atoms with Crippen molar-refractivity contribution in [2.24, 2.45) is 11.7 Å². The SMILES string of the molecule is C[C@H](CNC(=O)Nc1ccc(C(C)(C)C(N)=O)cc1)Cn1cccn1. The van der Waals surface area contributed by atoms with Crippen LogP contribution in [0.5, 0.6) is 0 Å². The first-order valence-electron chi connectivity index (χ1n) is 8.21. The van der Waals surface area contributed by atoms with Crippen LogP contribution in [0.15, 0.2) is 42.7 Å². The second-order valence-electron chi connectivity index (χ2n) is 6.73. The number of rotatable bonds is 7. The molecular formula is C18H25N5O2. The summed E-state index contributed by atoms with van der Waals surface area (Å²) in [6.45, 7) is 6.86. The van der Waals surface area contributed by atoms with Crippen LogP contribution in [0.1, 0.15) is 26.3 Å². The second kappa shape index (κ2) is 7.83. The summed E-state index contributed by atoms with van der Waals surface area (Å²) in [7, 11) is 0.